The normalized spacial score (nSPS) is 19.1. The molecular formula is C9H17N3O2. The largest absolute Gasteiger partial charge is 0.409 e. The lowest BCUT2D eigenvalue weighted by atomic mass is 10.1. The third-order valence-electron chi connectivity index (χ3n) is 2.54. The van der Waals surface area contributed by atoms with Gasteiger partial charge >= 0.3 is 0 Å². The standard InChI is InChI=1S/C9H17N3O2/c1-3-12(7-4-5-7)9(13)6(2)8(10)11-14/h6-7,14H,3-5H2,1-2H3,(H2,10,11). The Balaban J connectivity index is 2.61. The number of amidine groups is 1. The van der Waals surface area contributed by atoms with Crippen LogP contribution in [0, 0.1) is 5.92 Å². The molecule has 0 radical (unpaired) electrons. The zero-order chi connectivity index (χ0) is 10.7. The van der Waals surface area contributed by atoms with E-state index in [4.69, 9.17) is 10.9 Å². The van der Waals surface area contributed by atoms with E-state index in [9.17, 15) is 4.79 Å². The molecule has 1 atom stereocenters. The number of nitrogens with two attached hydrogens (primary N) is 1. The molecule has 1 aliphatic rings. The highest BCUT2D eigenvalue weighted by Gasteiger charge is 2.34. The molecule has 0 spiro atoms. The molecule has 0 aromatic heterocycles. The summed E-state index contributed by atoms with van der Waals surface area (Å²) < 4.78 is 0. The zero-order valence-corrected chi connectivity index (χ0v) is 8.60. The highest BCUT2D eigenvalue weighted by atomic mass is 16.4. The van der Waals surface area contributed by atoms with Crippen molar-refractivity contribution in [2.24, 2.45) is 16.8 Å². The number of rotatable bonds is 4. The lowest BCUT2D eigenvalue weighted by Gasteiger charge is -2.23. The summed E-state index contributed by atoms with van der Waals surface area (Å²) in [6.45, 7) is 4.28. The quantitative estimate of drug-likeness (QED) is 0.297. The summed E-state index contributed by atoms with van der Waals surface area (Å²) in [6.07, 6.45) is 2.14. The van der Waals surface area contributed by atoms with E-state index >= 15 is 0 Å². The number of carbonyl (C=O) groups excluding carboxylic acids is 1. The van der Waals surface area contributed by atoms with Crippen molar-refractivity contribution in [3.63, 3.8) is 0 Å². The topological polar surface area (TPSA) is 78.9 Å². The van der Waals surface area contributed by atoms with Gasteiger partial charge in [-0.05, 0) is 26.7 Å². The molecule has 0 aliphatic heterocycles. The summed E-state index contributed by atoms with van der Waals surface area (Å²) in [5, 5.41) is 11.3. The lowest BCUT2D eigenvalue weighted by Crippen LogP contribution is -2.41. The first kappa shape index (κ1) is 10.8. The van der Waals surface area contributed by atoms with Crippen LogP contribution in [0.5, 0.6) is 0 Å². The summed E-state index contributed by atoms with van der Waals surface area (Å²) >= 11 is 0. The summed E-state index contributed by atoms with van der Waals surface area (Å²) in [7, 11) is 0. The second kappa shape index (κ2) is 4.30. The van der Waals surface area contributed by atoms with Gasteiger partial charge in [0.25, 0.3) is 0 Å². The van der Waals surface area contributed by atoms with E-state index in [1.807, 2.05) is 6.92 Å². The fourth-order valence-corrected chi connectivity index (χ4v) is 1.44. The Morgan fingerprint density at radius 2 is 2.29 bits per heavy atom. The van der Waals surface area contributed by atoms with Crippen molar-refractivity contribution >= 4 is 11.7 Å². The minimum atomic E-state index is -0.527. The highest BCUT2D eigenvalue weighted by molar-refractivity contribution is 6.01. The van der Waals surface area contributed by atoms with Gasteiger partial charge in [-0.2, -0.15) is 0 Å². The zero-order valence-electron chi connectivity index (χ0n) is 8.60. The van der Waals surface area contributed by atoms with Crippen molar-refractivity contribution in [1.82, 2.24) is 4.90 Å². The Labute approximate surface area is 83.6 Å². The van der Waals surface area contributed by atoms with Gasteiger partial charge in [0.1, 0.15) is 0 Å². The average Bonchev–Trinajstić information content (AvgIpc) is 3.00. The molecule has 1 saturated carbocycles. The molecule has 80 valence electrons. The molecular weight excluding hydrogens is 182 g/mol. The number of carbonyl (C=O) groups is 1. The van der Waals surface area contributed by atoms with Crippen LogP contribution < -0.4 is 5.73 Å². The van der Waals surface area contributed by atoms with Crippen LogP contribution >= 0.6 is 0 Å². The Morgan fingerprint density at radius 3 is 2.64 bits per heavy atom. The Kier molecular flexibility index (Phi) is 3.33. The SMILES string of the molecule is CCN(C(=O)C(C)C(N)=NO)C1CC1. The summed E-state index contributed by atoms with van der Waals surface area (Å²) in [4.78, 5) is 13.6. The van der Waals surface area contributed by atoms with Gasteiger partial charge in [0.15, 0.2) is 5.84 Å². The fraction of sp³-hybridized carbons (Fsp3) is 0.778. The molecule has 1 rings (SSSR count). The number of amides is 1. The summed E-state index contributed by atoms with van der Waals surface area (Å²) in [5.74, 6) is -0.597. The first-order valence-corrected chi connectivity index (χ1v) is 4.89. The van der Waals surface area contributed by atoms with Crippen LogP contribution in [0.15, 0.2) is 5.16 Å². The fourth-order valence-electron chi connectivity index (χ4n) is 1.44. The molecule has 0 saturated heterocycles. The van der Waals surface area contributed by atoms with Gasteiger partial charge in [0.05, 0.1) is 5.92 Å². The maximum absolute atomic E-state index is 11.8. The molecule has 0 aromatic carbocycles. The van der Waals surface area contributed by atoms with E-state index in [1.54, 1.807) is 11.8 Å². The Hall–Kier alpha value is -1.26. The average molecular weight is 199 g/mol. The third-order valence-corrected chi connectivity index (χ3v) is 2.54. The van der Waals surface area contributed by atoms with Crippen LogP contribution in [0.1, 0.15) is 26.7 Å². The predicted octanol–water partition coefficient (Wildman–Crippen LogP) is 0.380. The number of hydrogen-bond acceptors (Lipinski definition) is 3. The van der Waals surface area contributed by atoms with Crippen molar-refractivity contribution in [2.75, 3.05) is 6.54 Å². The van der Waals surface area contributed by atoms with Crippen molar-refractivity contribution in [3.05, 3.63) is 0 Å². The predicted molar refractivity (Wildman–Crippen MR) is 53.0 cm³/mol. The van der Waals surface area contributed by atoms with Crippen LogP contribution in [-0.2, 0) is 4.79 Å². The van der Waals surface area contributed by atoms with E-state index in [0.717, 1.165) is 12.8 Å². The van der Waals surface area contributed by atoms with Crippen LogP contribution in [0.3, 0.4) is 0 Å². The molecule has 1 amide bonds. The van der Waals surface area contributed by atoms with Gasteiger partial charge in [0.2, 0.25) is 5.91 Å². The van der Waals surface area contributed by atoms with Gasteiger partial charge in [0, 0.05) is 12.6 Å². The number of nitrogens with zero attached hydrogens (tertiary/aromatic N) is 2. The lowest BCUT2D eigenvalue weighted by molar-refractivity contribution is -0.133. The summed E-state index contributed by atoms with van der Waals surface area (Å²) in [6, 6.07) is 0.376. The van der Waals surface area contributed by atoms with Crippen molar-refractivity contribution in [3.8, 4) is 0 Å². The molecule has 1 unspecified atom stereocenters. The molecule has 1 aliphatic carbocycles. The van der Waals surface area contributed by atoms with E-state index in [0.29, 0.717) is 12.6 Å². The summed E-state index contributed by atoms with van der Waals surface area (Å²) in [5.41, 5.74) is 5.38. The number of oxime groups is 1. The van der Waals surface area contributed by atoms with Crippen molar-refractivity contribution in [2.45, 2.75) is 32.7 Å². The van der Waals surface area contributed by atoms with Crippen molar-refractivity contribution in [1.29, 1.82) is 0 Å². The van der Waals surface area contributed by atoms with Gasteiger partial charge < -0.3 is 15.8 Å². The van der Waals surface area contributed by atoms with Crippen LogP contribution in [-0.4, -0.2) is 34.4 Å². The molecule has 5 nitrogen and oxygen atoms in total. The Bertz CT molecular complexity index is 248. The molecule has 0 aromatic rings. The molecule has 1 fully saturated rings. The van der Waals surface area contributed by atoms with Gasteiger partial charge in [-0.15, -0.1) is 0 Å². The van der Waals surface area contributed by atoms with Crippen LogP contribution in [0.4, 0.5) is 0 Å². The van der Waals surface area contributed by atoms with E-state index in [-0.39, 0.29) is 11.7 Å². The maximum atomic E-state index is 11.8. The van der Waals surface area contributed by atoms with E-state index < -0.39 is 5.92 Å². The van der Waals surface area contributed by atoms with Gasteiger partial charge in [-0.1, -0.05) is 5.16 Å². The second-order valence-corrected chi connectivity index (χ2v) is 3.60. The smallest absolute Gasteiger partial charge is 0.233 e. The molecule has 5 heteroatoms. The molecule has 3 N–H and O–H groups in total. The molecule has 0 bridgehead atoms. The number of hydrogen-bond donors (Lipinski definition) is 2. The first-order valence-electron chi connectivity index (χ1n) is 4.89. The van der Waals surface area contributed by atoms with E-state index in [2.05, 4.69) is 5.16 Å². The minimum Gasteiger partial charge on any atom is -0.409 e. The van der Waals surface area contributed by atoms with E-state index in [1.165, 1.54) is 0 Å². The first-order chi connectivity index (χ1) is 6.61. The Morgan fingerprint density at radius 1 is 1.71 bits per heavy atom. The van der Waals surface area contributed by atoms with Gasteiger partial charge in [-0.25, -0.2) is 0 Å². The maximum Gasteiger partial charge on any atom is 0.233 e. The third kappa shape index (κ3) is 2.16. The monoisotopic (exact) mass is 199 g/mol. The van der Waals surface area contributed by atoms with Gasteiger partial charge in [-0.3, -0.25) is 4.79 Å². The highest BCUT2D eigenvalue weighted by Crippen LogP contribution is 2.27. The second-order valence-electron chi connectivity index (χ2n) is 3.60. The molecule has 14 heavy (non-hydrogen) atoms. The molecule has 0 heterocycles. The minimum absolute atomic E-state index is 0.0194. The van der Waals surface area contributed by atoms with Crippen LogP contribution in [0.2, 0.25) is 0 Å². The van der Waals surface area contributed by atoms with Crippen molar-refractivity contribution < 1.29 is 10.0 Å². The van der Waals surface area contributed by atoms with Crippen LogP contribution in [0.25, 0.3) is 0 Å².